The van der Waals surface area contributed by atoms with Crippen LogP contribution in [0.4, 0.5) is 0 Å². The highest BCUT2D eigenvalue weighted by Crippen LogP contribution is 2.40. The molecule has 4 heteroatoms. The van der Waals surface area contributed by atoms with Crippen molar-refractivity contribution in [3.05, 3.63) is 57.3 Å². The maximum Gasteiger partial charge on any atom is 0.252 e. The zero-order chi connectivity index (χ0) is 20.4. The summed E-state index contributed by atoms with van der Waals surface area (Å²) in [6, 6.07) is 10.9. The number of hydrogen-bond acceptors (Lipinski definition) is 3. The Balaban J connectivity index is 1.45. The topological polar surface area (TPSA) is 32.3 Å². The maximum absolute atomic E-state index is 13.1. The van der Waals surface area contributed by atoms with E-state index in [-0.39, 0.29) is 11.9 Å². The van der Waals surface area contributed by atoms with Crippen molar-refractivity contribution in [1.82, 2.24) is 10.2 Å². The normalized spacial score (nSPS) is 21.0. The lowest BCUT2D eigenvalue weighted by Gasteiger charge is -2.34. The minimum Gasteiger partial charge on any atom is -0.350 e. The molecule has 0 radical (unpaired) electrons. The molecular weight excluding hydrogens is 376 g/mol. The summed E-state index contributed by atoms with van der Waals surface area (Å²) in [4.78, 5) is 17.0. The molecule has 2 aromatic rings. The quantitative estimate of drug-likeness (QED) is 0.709. The number of rotatable bonds is 5. The zero-order valence-electron chi connectivity index (χ0n) is 18.0. The summed E-state index contributed by atoms with van der Waals surface area (Å²) in [6.45, 7) is 9.94. The number of nitrogens with one attached hydrogen (secondary N) is 1. The van der Waals surface area contributed by atoms with E-state index in [9.17, 15) is 4.79 Å². The van der Waals surface area contributed by atoms with Crippen molar-refractivity contribution in [2.24, 2.45) is 11.3 Å². The van der Waals surface area contributed by atoms with Crippen LogP contribution in [0, 0.1) is 11.3 Å². The van der Waals surface area contributed by atoms with Gasteiger partial charge in [-0.1, -0.05) is 51.1 Å². The van der Waals surface area contributed by atoms with E-state index in [1.54, 1.807) is 11.3 Å². The molecule has 2 aliphatic rings. The first kappa shape index (κ1) is 20.6. The first-order valence-electron chi connectivity index (χ1n) is 11.1. The molecule has 1 aliphatic heterocycles. The highest BCUT2D eigenvalue weighted by atomic mass is 32.1. The van der Waals surface area contributed by atoms with Crippen molar-refractivity contribution in [3.63, 3.8) is 0 Å². The van der Waals surface area contributed by atoms with Gasteiger partial charge >= 0.3 is 0 Å². The standard InChI is InChI=1S/C25H34N2OS/c1-25(2,3)19-11-12-20-21(17-29-23(20)15-19)24(28)26-16-22(27-13-7-8-14-27)18-9-5-4-6-10-18/h4-6,9-10,17,19,22H,7-8,11-16H2,1-3H3,(H,26,28). The SMILES string of the molecule is CC(C)(C)C1CCc2c(C(=O)NCC(c3ccccc3)N3CCCC3)csc2C1. The van der Waals surface area contributed by atoms with E-state index in [1.165, 1.54) is 35.3 Å². The summed E-state index contributed by atoms with van der Waals surface area (Å²) in [5.41, 5.74) is 3.87. The second-order valence-corrected chi connectivity index (χ2v) is 10.7. The Bertz CT molecular complexity index is 830. The van der Waals surface area contributed by atoms with Crippen molar-refractivity contribution in [3.8, 4) is 0 Å². The molecule has 0 bridgehead atoms. The fourth-order valence-corrected chi connectivity index (χ4v) is 6.07. The van der Waals surface area contributed by atoms with Gasteiger partial charge in [0, 0.05) is 16.8 Å². The van der Waals surface area contributed by atoms with E-state index in [0.717, 1.165) is 31.5 Å². The van der Waals surface area contributed by atoms with E-state index < -0.39 is 0 Å². The van der Waals surface area contributed by atoms with Crippen molar-refractivity contribution >= 4 is 17.2 Å². The fraction of sp³-hybridized carbons (Fsp3) is 0.560. The van der Waals surface area contributed by atoms with Crippen LogP contribution in [0.2, 0.25) is 0 Å². The van der Waals surface area contributed by atoms with E-state index in [1.807, 2.05) is 0 Å². The Morgan fingerprint density at radius 1 is 1.21 bits per heavy atom. The van der Waals surface area contributed by atoms with E-state index in [4.69, 9.17) is 0 Å². The molecule has 0 saturated carbocycles. The molecule has 2 unspecified atom stereocenters. The molecule has 29 heavy (non-hydrogen) atoms. The van der Waals surface area contributed by atoms with Crippen LogP contribution in [0.25, 0.3) is 0 Å². The third-order valence-electron chi connectivity index (χ3n) is 6.85. The van der Waals surface area contributed by atoms with Crippen LogP contribution in [-0.2, 0) is 12.8 Å². The van der Waals surface area contributed by atoms with Gasteiger partial charge in [-0.2, -0.15) is 0 Å². The molecule has 1 saturated heterocycles. The second kappa shape index (κ2) is 8.61. The average molecular weight is 411 g/mol. The molecule has 1 N–H and O–H groups in total. The Morgan fingerprint density at radius 2 is 1.93 bits per heavy atom. The summed E-state index contributed by atoms with van der Waals surface area (Å²) in [7, 11) is 0. The van der Waals surface area contributed by atoms with Gasteiger partial charge in [0.2, 0.25) is 0 Å². The molecule has 4 rings (SSSR count). The number of hydrogen-bond donors (Lipinski definition) is 1. The van der Waals surface area contributed by atoms with Gasteiger partial charge in [0.25, 0.3) is 5.91 Å². The molecule has 1 fully saturated rings. The number of thiophene rings is 1. The largest absolute Gasteiger partial charge is 0.350 e. The number of fused-ring (bicyclic) bond motifs is 1. The number of nitrogens with zero attached hydrogens (tertiary/aromatic N) is 1. The highest BCUT2D eigenvalue weighted by Gasteiger charge is 2.32. The summed E-state index contributed by atoms with van der Waals surface area (Å²) < 4.78 is 0. The third-order valence-corrected chi connectivity index (χ3v) is 7.90. The number of benzene rings is 1. The van der Waals surface area contributed by atoms with Crippen LogP contribution in [0.15, 0.2) is 35.7 Å². The predicted octanol–water partition coefficient (Wildman–Crippen LogP) is 5.47. The van der Waals surface area contributed by atoms with Crippen molar-refractivity contribution in [2.75, 3.05) is 19.6 Å². The zero-order valence-corrected chi connectivity index (χ0v) is 18.9. The Kier molecular flexibility index (Phi) is 6.12. The summed E-state index contributed by atoms with van der Waals surface area (Å²) >= 11 is 1.78. The van der Waals surface area contributed by atoms with Gasteiger partial charge in [0.15, 0.2) is 0 Å². The van der Waals surface area contributed by atoms with Crippen LogP contribution in [-0.4, -0.2) is 30.4 Å². The summed E-state index contributed by atoms with van der Waals surface area (Å²) in [5, 5.41) is 5.37. The molecular formula is C25H34N2OS. The lowest BCUT2D eigenvalue weighted by Crippen LogP contribution is -2.37. The van der Waals surface area contributed by atoms with Crippen LogP contribution in [0.3, 0.4) is 0 Å². The molecule has 156 valence electrons. The smallest absolute Gasteiger partial charge is 0.252 e. The Morgan fingerprint density at radius 3 is 2.62 bits per heavy atom. The molecule has 2 atom stereocenters. The van der Waals surface area contributed by atoms with Crippen LogP contribution in [0.1, 0.15) is 72.4 Å². The van der Waals surface area contributed by atoms with Gasteiger partial charge in [0.1, 0.15) is 0 Å². The van der Waals surface area contributed by atoms with Gasteiger partial charge in [0.05, 0.1) is 11.6 Å². The van der Waals surface area contributed by atoms with E-state index in [0.29, 0.717) is 17.9 Å². The lowest BCUT2D eigenvalue weighted by molar-refractivity contribution is 0.0937. The Hall–Kier alpha value is -1.65. The first-order chi connectivity index (χ1) is 13.9. The monoisotopic (exact) mass is 410 g/mol. The molecule has 1 aliphatic carbocycles. The number of amides is 1. The molecule has 1 aromatic carbocycles. The summed E-state index contributed by atoms with van der Waals surface area (Å²) in [6.07, 6.45) is 5.86. The fourth-order valence-electron chi connectivity index (χ4n) is 4.91. The third kappa shape index (κ3) is 4.59. The van der Waals surface area contributed by atoms with Crippen molar-refractivity contribution in [1.29, 1.82) is 0 Å². The minimum atomic E-state index is 0.108. The van der Waals surface area contributed by atoms with Crippen LogP contribution < -0.4 is 5.32 Å². The van der Waals surface area contributed by atoms with E-state index in [2.05, 4.69) is 66.7 Å². The maximum atomic E-state index is 13.1. The lowest BCUT2D eigenvalue weighted by atomic mass is 9.72. The first-order valence-corrected chi connectivity index (χ1v) is 12.0. The number of carbonyl (C=O) groups excluding carboxylic acids is 1. The molecule has 1 amide bonds. The van der Waals surface area contributed by atoms with Gasteiger partial charge in [-0.25, -0.2) is 0 Å². The molecule has 1 aromatic heterocycles. The molecule has 0 spiro atoms. The van der Waals surface area contributed by atoms with Crippen molar-refractivity contribution in [2.45, 2.75) is 58.9 Å². The van der Waals surface area contributed by atoms with Gasteiger partial charge in [-0.05, 0) is 67.7 Å². The summed E-state index contributed by atoms with van der Waals surface area (Å²) in [5.74, 6) is 0.819. The number of carbonyl (C=O) groups is 1. The predicted molar refractivity (Wildman–Crippen MR) is 122 cm³/mol. The van der Waals surface area contributed by atoms with Crippen molar-refractivity contribution < 1.29 is 4.79 Å². The van der Waals surface area contributed by atoms with Crippen LogP contribution in [0.5, 0.6) is 0 Å². The van der Waals surface area contributed by atoms with E-state index >= 15 is 0 Å². The van der Waals surface area contributed by atoms with Crippen LogP contribution >= 0.6 is 11.3 Å². The highest BCUT2D eigenvalue weighted by molar-refractivity contribution is 7.10. The molecule has 2 heterocycles. The van der Waals surface area contributed by atoms with Gasteiger partial charge in [-0.3, -0.25) is 9.69 Å². The Labute approximate surface area is 179 Å². The minimum absolute atomic E-state index is 0.108. The van der Waals surface area contributed by atoms with Gasteiger partial charge < -0.3 is 5.32 Å². The number of likely N-dealkylation sites (tertiary alicyclic amines) is 1. The molecule has 3 nitrogen and oxygen atoms in total. The average Bonchev–Trinajstić information content (AvgIpc) is 3.38. The second-order valence-electron chi connectivity index (χ2n) is 9.74. The van der Waals surface area contributed by atoms with Gasteiger partial charge in [-0.15, -0.1) is 11.3 Å².